The van der Waals surface area contributed by atoms with Crippen molar-refractivity contribution in [1.29, 1.82) is 0 Å². The quantitative estimate of drug-likeness (QED) is 0.566. The first-order valence-electron chi connectivity index (χ1n) is 9.72. The molecule has 1 fully saturated rings. The van der Waals surface area contributed by atoms with E-state index in [1.807, 2.05) is 6.92 Å². The van der Waals surface area contributed by atoms with Crippen LogP contribution in [0.25, 0.3) is 0 Å². The molecule has 0 aromatic carbocycles. The molecular formula is C20H32ClF3N2O2S. The summed E-state index contributed by atoms with van der Waals surface area (Å²) in [4.78, 5) is 15.6. The molecule has 1 aromatic rings. The monoisotopic (exact) mass is 456 g/mol. The van der Waals surface area contributed by atoms with Gasteiger partial charge in [0.1, 0.15) is 0 Å². The molecule has 0 radical (unpaired) electrons. The van der Waals surface area contributed by atoms with Crippen LogP contribution in [0.15, 0.2) is 12.1 Å². The predicted molar refractivity (Wildman–Crippen MR) is 113 cm³/mol. The molecule has 1 amide bonds. The first-order valence-corrected chi connectivity index (χ1v) is 10.5. The Balaban J connectivity index is 0.00000420. The zero-order valence-electron chi connectivity index (χ0n) is 17.5. The fourth-order valence-corrected chi connectivity index (χ4v) is 4.07. The molecule has 1 aliphatic heterocycles. The third-order valence-electron chi connectivity index (χ3n) is 4.81. The molecule has 1 aliphatic rings. The number of nitrogens with one attached hydrogen (secondary N) is 1. The van der Waals surface area contributed by atoms with Gasteiger partial charge in [-0.05, 0) is 56.3 Å². The first kappa shape index (κ1) is 26.0. The molecule has 1 N–H and O–H groups in total. The number of carbonyl (C=O) groups excluding carboxylic acids is 1. The van der Waals surface area contributed by atoms with Gasteiger partial charge in [-0.25, -0.2) is 0 Å². The second kappa shape index (κ2) is 10.9. The fourth-order valence-electron chi connectivity index (χ4n) is 3.21. The summed E-state index contributed by atoms with van der Waals surface area (Å²) in [6.45, 7) is 10.3. The van der Waals surface area contributed by atoms with Gasteiger partial charge in [0.15, 0.2) is 11.7 Å². The summed E-state index contributed by atoms with van der Waals surface area (Å²) in [6.07, 6.45) is -1.70. The summed E-state index contributed by atoms with van der Waals surface area (Å²) in [5, 5.41) is 3.16. The smallest absolute Gasteiger partial charge is 0.422 e. The lowest BCUT2D eigenvalue weighted by atomic mass is 9.92. The lowest BCUT2D eigenvalue weighted by Crippen LogP contribution is -2.29. The van der Waals surface area contributed by atoms with Gasteiger partial charge in [0, 0.05) is 17.8 Å². The van der Waals surface area contributed by atoms with Gasteiger partial charge in [0.2, 0.25) is 5.91 Å². The summed E-state index contributed by atoms with van der Waals surface area (Å²) < 4.78 is 41.4. The molecule has 1 aromatic heterocycles. The van der Waals surface area contributed by atoms with Crippen LogP contribution in [0.3, 0.4) is 0 Å². The maximum Gasteiger partial charge on any atom is 0.422 e. The molecule has 168 valence electrons. The zero-order chi connectivity index (χ0) is 20.9. The van der Waals surface area contributed by atoms with Gasteiger partial charge in [-0.2, -0.15) is 13.2 Å². The predicted octanol–water partition coefficient (Wildman–Crippen LogP) is 5.44. The maximum absolute atomic E-state index is 12.4. The number of hydrogen-bond donors (Lipinski definition) is 1. The molecule has 0 spiro atoms. The van der Waals surface area contributed by atoms with E-state index >= 15 is 0 Å². The highest BCUT2D eigenvalue weighted by molar-refractivity contribution is 7.13. The van der Waals surface area contributed by atoms with Gasteiger partial charge in [0.25, 0.3) is 0 Å². The van der Waals surface area contributed by atoms with Crippen LogP contribution in [0.1, 0.15) is 57.9 Å². The minimum absolute atomic E-state index is 0. The number of nitrogens with zero attached hydrogens (tertiary/aromatic N) is 1. The molecular weight excluding hydrogens is 425 g/mol. The van der Waals surface area contributed by atoms with Crippen molar-refractivity contribution in [3.8, 4) is 5.06 Å². The third-order valence-corrected chi connectivity index (χ3v) is 5.99. The summed E-state index contributed by atoms with van der Waals surface area (Å²) >= 11 is 1.13. The molecule has 0 bridgehead atoms. The van der Waals surface area contributed by atoms with Crippen LogP contribution in [0.4, 0.5) is 13.2 Å². The van der Waals surface area contributed by atoms with Crippen LogP contribution >= 0.6 is 23.7 Å². The molecule has 0 saturated carbocycles. The summed E-state index contributed by atoms with van der Waals surface area (Å²) in [5.41, 5.74) is 0.314. The molecule has 9 heteroatoms. The lowest BCUT2D eigenvalue weighted by molar-refractivity contribution is -0.152. The molecule has 2 heterocycles. The van der Waals surface area contributed by atoms with Crippen molar-refractivity contribution in [3.63, 3.8) is 0 Å². The Morgan fingerprint density at radius 2 is 2.03 bits per heavy atom. The van der Waals surface area contributed by atoms with Crippen molar-refractivity contribution in [2.24, 2.45) is 11.3 Å². The lowest BCUT2D eigenvalue weighted by Gasteiger charge is -2.23. The minimum atomic E-state index is -4.36. The molecule has 0 aliphatic carbocycles. The van der Waals surface area contributed by atoms with E-state index in [0.29, 0.717) is 17.8 Å². The SMILES string of the molecule is C[C@@H](NC(=O)C[C@H]1CCN(CCC(C)(C)C)C1)c1ccc(OCC(F)(F)F)s1.Cl. The summed E-state index contributed by atoms with van der Waals surface area (Å²) in [5.74, 6) is 0.350. The Morgan fingerprint density at radius 3 is 2.66 bits per heavy atom. The average Bonchev–Trinajstić information content (AvgIpc) is 3.18. The van der Waals surface area contributed by atoms with Crippen molar-refractivity contribution in [1.82, 2.24) is 10.2 Å². The molecule has 2 atom stereocenters. The molecule has 2 rings (SSSR count). The van der Waals surface area contributed by atoms with Crippen molar-refractivity contribution in [2.45, 2.75) is 59.2 Å². The highest BCUT2D eigenvalue weighted by Gasteiger charge is 2.29. The average molecular weight is 457 g/mol. The largest absolute Gasteiger partial charge is 0.475 e. The van der Waals surface area contributed by atoms with Crippen LogP contribution in [0, 0.1) is 11.3 Å². The van der Waals surface area contributed by atoms with Crippen molar-refractivity contribution in [3.05, 3.63) is 17.0 Å². The minimum Gasteiger partial charge on any atom is -0.475 e. The van der Waals surface area contributed by atoms with Crippen molar-refractivity contribution < 1.29 is 22.7 Å². The van der Waals surface area contributed by atoms with Crippen LogP contribution in [-0.2, 0) is 4.79 Å². The standard InChI is InChI=1S/C20H31F3N2O2S.ClH/c1-14(16-5-6-18(28-16)27-13-20(21,22)23)24-17(26)11-15-7-9-25(12-15)10-8-19(2,3)4;/h5-6,14-15H,7-13H2,1-4H3,(H,24,26);1H/t14-,15-;/m1./s1. The number of halogens is 4. The normalized spacial score (nSPS) is 18.9. The highest BCUT2D eigenvalue weighted by atomic mass is 35.5. The molecule has 1 saturated heterocycles. The van der Waals surface area contributed by atoms with Crippen LogP contribution in [0.5, 0.6) is 5.06 Å². The van der Waals surface area contributed by atoms with E-state index in [1.54, 1.807) is 6.07 Å². The Morgan fingerprint density at radius 1 is 1.34 bits per heavy atom. The number of rotatable bonds is 8. The fraction of sp³-hybridized carbons (Fsp3) is 0.750. The van der Waals surface area contributed by atoms with Gasteiger partial charge in [0.05, 0.1) is 6.04 Å². The van der Waals surface area contributed by atoms with E-state index < -0.39 is 12.8 Å². The second-order valence-corrected chi connectivity index (χ2v) is 9.90. The Bertz CT molecular complexity index is 646. The summed E-state index contributed by atoms with van der Waals surface area (Å²) in [7, 11) is 0. The van der Waals surface area contributed by atoms with Gasteiger partial charge >= 0.3 is 6.18 Å². The number of ether oxygens (including phenoxy) is 1. The second-order valence-electron chi connectivity index (χ2n) is 8.82. The number of thiophene rings is 1. The van der Waals surface area contributed by atoms with E-state index in [9.17, 15) is 18.0 Å². The first-order chi connectivity index (χ1) is 12.9. The zero-order valence-corrected chi connectivity index (χ0v) is 19.1. The van der Waals surface area contributed by atoms with Crippen molar-refractivity contribution >= 4 is 29.7 Å². The van der Waals surface area contributed by atoms with Crippen LogP contribution < -0.4 is 10.1 Å². The number of alkyl halides is 3. The third kappa shape index (κ3) is 10.0. The van der Waals surface area contributed by atoms with Gasteiger partial charge < -0.3 is 15.0 Å². The van der Waals surface area contributed by atoms with Gasteiger partial charge in [-0.3, -0.25) is 4.79 Å². The van der Waals surface area contributed by atoms with Gasteiger partial charge in [-0.15, -0.1) is 23.7 Å². The number of likely N-dealkylation sites (tertiary alicyclic amines) is 1. The molecule has 29 heavy (non-hydrogen) atoms. The number of hydrogen-bond acceptors (Lipinski definition) is 4. The maximum atomic E-state index is 12.4. The van der Waals surface area contributed by atoms with Gasteiger partial charge in [-0.1, -0.05) is 20.8 Å². The van der Waals surface area contributed by atoms with Crippen LogP contribution in [0.2, 0.25) is 0 Å². The Hall–Kier alpha value is -0.990. The van der Waals surface area contributed by atoms with Crippen LogP contribution in [-0.4, -0.2) is 43.2 Å². The molecule has 0 unspecified atom stereocenters. The topological polar surface area (TPSA) is 41.6 Å². The van der Waals surface area contributed by atoms with E-state index in [-0.39, 0.29) is 29.4 Å². The summed E-state index contributed by atoms with van der Waals surface area (Å²) in [6, 6.07) is 2.96. The highest BCUT2D eigenvalue weighted by Crippen LogP contribution is 2.31. The van der Waals surface area contributed by atoms with E-state index in [2.05, 4.69) is 31.0 Å². The molecule has 4 nitrogen and oxygen atoms in total. The van der Waals surface area contributed by atoms with E-state index in [1.165, 1.54) is 6.07 Å². The van der Waals surface area contributed by atoms with Crippen molar-refractivity contribution in [2.75, 3.05) is 26.2 Å². The Labute approximate surface area is 181 Å². The number of amides is 1. The van der Waals surface area contributed by atoms with E-state index in [0.717, 1.165) is 48.7 Å². The number of carbonyl (C=O) groups is 1. The Kier molecular flexibility index (Phi) is 9.76. The van der Waals surface area contributed by atoms with E-state index in [4.69, 9.17) is 4.74 Å².